The van der Waals surface area contributed by atoms with Crippen LogP contribution >= 0.6 is 0 Å². The molecule has 0 spiro atoms. The molecule has 3 atom stereocenters. The average molecular weight is 525 g/mol. The van der Waals surface area contributed by atoms with Gasteiger partial charge >= 0.3 is 0 Å². The number of rotatable bonds is 11. The molecule has 1 unspecified atom stereocenters. The van der Waals surface area contributed by atoms with Gasteiger partial charge in [-0.1, -0.05) is 56.1 Å². The van der Waals surface area contributed by atoms with Crippen molar-refractivity contribution >= 4 is 0 Å². The highest BCUT2D eigenvalue weighted by Crippen LogP contribution is 2.60. The molecule has 1 saturated carbocycles. The minimum atomic E-state index is -0.0764. The topological polar surface area (TPSA) is 36.9 Å². The van der Waals surface area contributed by atoms with Crippen LogP contribution in [-0.4, -0.2) is 26.8 Å². The van der Waals surface area contributed by atoms with Crippen molar-refractivity contribution in [3.05, 3.63) is 52.1 Å². The van der Waals surface area contributed by atoms with Gasteiger partial charge in [0, 0.05) is 13.7 Å². The van der Waals surface area contributed by atoms with Crippen LogP contribution in [0.15, 0.2) is 41.0 Å². The summed E-state index contributed by atoms with van der Waals surface area (Å²) in [6, 6.07) is 6.37. The molecule has 0 N–H and O–H groups in total. The quantitative estimate of drug-likeness (QED) is 0.214. The van der Waals surface area contributed by atoms with Crippen molar-refractivity contribution in [3.8, 4) is 5.75 Å². The van der Waals surface area contributed by atoms with Gasteiger partial charge in [-0.15, -0.1) is 0 Å². The van der Waals surface area contributed by atoms with Crippen molar-refractivity contribution in [2.75, 3.05) is 20.5 Å². The van der Waals surface area contributed by atoms with E-state index >= 15 is 0 Å². The van der Waals surface area contributed by atoms with E-state index in [9.17, 15) is 0 Å². The van der Waals surface area contributed by atoms with Crippen molar-refractivity contribution in [3.63, 3.8) is 0 Å². The molecular formula is C34H52O4. The molecule has 1 aliphatic heterocycles. The van der Waals surface area contributed by atoms with Crippen molar-refractivity contribution in [1.29, 1.82) is 0 Å². The zero-order valence-corrected chi connectivity index (χ0v) is 25.0. The number of methoxy groups -OCH3 is 1. The van der Waals surface area contributed by atoms with E-state index in [1.54, 1.807) is 18.3 Å². The number of hydrogen-bond acceptors (Lipinski definition) is 4. The van der Waals surface area contributed by atoms with Crippen LogP contribution in [0, 0.1) is 16.7 Å². The summed E-state index contributed by atoms with van der Waals surface area (Å²) in [6.07, 6.45) is 15.5. The second-order valence-corrected chi connectivity index (χ2v) is 13.0. The van der Waals surface area contributed by atoms with Gasteiger partial charge in [0.1, 0.15) is 5.75 Å². The molecule has 0 amide bonds. The highest BCUT2D eigenvalue weighted by molar-refractivity contribution is 5.39. The first-order chi connectivity index (χ1) is 18.2. The predicted molar refractivity (Wildman–Crippen MR) is 155 cm³/mol. The molecule has 2 aliphatic carbocycles. The Bertz CT molecular complexity index is 984. The lowest BCUT2D eigenvalue weighted by Gasteiger charge is -2.55. The van der Waals surface area contributed by atoms with Gasteiger partial charge in [-0.3, -0.25) is 0 Å². The number of hydrogen-bond donors (Lipinski definition) is 0. The molecule has 0 aromatic heterocycles. The van der Waals surface area contributed by atoms with Crippen LogP contribution in [-0.2, 0) is 27.2 Å². The molecule has 38 heavy (non-hydrogen) atoms. The smallest absolute Gasteiger partial charge is 0.188 e. The van der Waals surface area contributed by atoms with Gasteiger partial charge in [-0.25, -0.2) is 0 Å². The Hall–Kier alpha value is -1.62. The zero-order valence-electron chi connectivity index (χ0n) is 25.0. The molecule has 4 heteroatoms. The van der Waals surface area contributed by atoms with Crippen LogP contribution in [0.5, 0.6) is 5.75 Å². The number of benzene rings is 1. The Kier molecular flexibility index (Phi) is 10.2. The summed E-state index contributed by atoms with van der Waals surface area (Å²) in [5.41, 5.74) is 8.07. The lowest BCUT2D eigenvalue weighted by Crippen LogP contribution is -2.45. The van der Waals surface area contributed by atoms with Crippen molar-refractivity contribution in [2.24, 2.45) is 16.7 Å². The molecule has 4 nitrogen and oxygen atoms in total. The molecule has 212 valence electrons. The maximum Gasteiger partial charge on any atom is 0.188 e. The molecule has 1 heterocycles. The molecule has 4 rings (SSSR count). The highest BCUT2D eigenvalue weighted by Gasteiger charge is 2.49. The third-order valence-electron chi connectivity index (χ3n) is 9.71. The first kappa shape index (κ1) is 29.4. The number of fused-ring (bicyclic) bond motifs is 1. The fourth-order valence-corrected chi connectivity index (χ4v) is 7.58. The minimum Gasteiger partial charge on any atom is -0.467 e. The van der Waals surface area contributed by atoms with Gasteiger partial charge in [-0.2, -0.15) is 0 Å². The summed E-state index contributed by atoms with van der Waals surface area (Å²) >= 11 is 0. The highest BCUT2D eigenvalue weighted by atomic mass is 16.7. The van der Waals surface area contributed by atoms with E-state index in [1.807, 2.05) is 0 Å². The Morgan fingerprint density at radius 2 is 1.95 bits per heavy atom. The SMILES string of the molecule is COCOc1ccc(COC2CCCCO2)cc1C/C=C(\C)CCC1=C(C)CC[C@@H]2C(C)(C)CCC[C@@]12C. The molecule has 2 fully saturated rings. The van der Waals surface area contributed by atoms with Crippen LogP contribution in [0.3, 0.4) is 0 Å². The molecule has 0 bridgehead atoms. The van der Waals surface area contributed by atoms with Gasteiger partial charge in [0.05, 0.1) is 6.61 Å². The van der Waals surface area contributed by atoms with E-state index in [4.69, 9.17) is 18.9 Å². The molecular weight excluding hydrogens is 472 g/mol. The maximum absolute atomic E-state index is 6.05. The van der Waals surface area contributed by atoms with Crippen LogP contribution in [0.25, 0.3) is 0 Å². The standard InChI is InChI=1S/C34H52O4/c1-25(12-16-29-26(2)13-18-31-33(3,4)19-9-20-34(29,31)5)11-15-28-22-27(14-17-30(28)38-24-35-6)23-37-32-10-7-8-21-36-32/h11,14,17,22,31-32H,7-10,12-13,15-16,18-21,23-24H2,1-6H3/b25-11+/t31-,32?,34+/m1/s1. The molecule has 1 saturated heterocycles. The summed E-state index contributed by atoms with van der Waals surface area (Å²) in [6.45, 7) is 13.9. The first-order valence-electron chi connectivity index (χ1n) is 15.0. The van der Waals surface area contributed by atoms with Crippen LogP contribution in [0.4, 0.5) is 0 Å². The second kappa shape index (κ2) is 13.2. The van der Waals surface area contributed by atoms with E-state index in [2.05, 4.69) is 58.9 Å². The molecule has 3 aliphatic rings. The second-order valence-electron chi connectivity index (χ2n) is 13.0. The van der Waals surface area contributed by atoms with Gasteiger partial charge in [-0.05, 0) is 118 Å². The zero-order chi connectivity index (χ0) is 27.2. The minimum absolute atomic E-state index is 0.0764. The fraction of sp³-hybridized carbons (Fsp3) is 0.706. The van der Waals surface area contributed by atoms with E-state index in [0.717, 1.165) is 49.5 Å². The van der Waals surface area contributed by atoms with Crippen LogP contribution in [0.2, 0.25) is 0 Å². The Morgan fingerprint density at radius 3 is 2.71 bits per heavy atom. The average Bonchev–Trinajstić information content (AvgIpc) is 2.89. The van der Waals surface area contributed by atoms with Crippen molar-refractivity contribution in [2.45, 2.75) is 118 Å². The summed E-state index contributed by atoms with van der Waals surface area (Å²) in [4.78, 5) is 0. The summed E-state index contributed by atoms with van der Waals surface area (Å²) in [5.74, 6) is 1.70. The Labute approximate surface area is 232 Å². The molecule has 1 aromatic rings. The van der Waals surface area contributed by atoms with Gasteiger partial charge in [0.15, 0.2) is 13.1 Å². The molecule has 1 aromatic carbocycles. The normalized spacial score (nSPS) is 27.8. The lowest BCUT2D eigenvalue weighted by atomic mass is 9.50. The predicted octanol–water partition coefficient (Wildman–Crippen LogP) is 8.92. The number of ether oxygens (including phenoxy) is 4. The summed E-state index contributed by atoms with van der Waals surface area (Å²) in [7, 11) is 1.66. The van der Waals surface area contributed by atoms with E-state index < -0.39 is 0 Å². The van der Waals surface area contributed by atoms with Gasteiger partial charge in [0.25, 0.3) is 0 Å². The van der Waals surface area contributed by atoms with Gasteiger partial charge < -0.3 is 18.9 Å². The Balaban J connectivity index is 1.41. The largest absolute Gasteiger partial charge is 0.467 e. The van der Waals surface area contributed by atoms with Crippen molar-refractivity contribution < 1.29 is 18.9 Å². The van der Waals surface area contributed by atoms with E-state index in [1.165, 1.54) is 56.1 Å². The van der Waals surface area contributed by atoms with E-state index in [-0.39, 0.29) is 13.1 Å². The third kappa shape index (κ3) is 7.11. The van der Waals surface area contributed by atoms with Gasteiger partial charge in [0.2, 0.25) is 0 Å². The van der Waals surface area contributed by atoms with E-state index in [0.29, 0.717) is 17.4 Å². The fourth-order valence-electron chi connectivity index (χ4n) is 7.58. The summed E-state index contributed by atoms with van der Waals surface area (Å²) < 4.78 is 22.9. The summed E-state index contributed by atoms with van der Waals surface area (Å²) in [5, 5.41) is 0. The third-order valence-corrected chi connectivity index (χ3v) is 9.71. The van der Waals surface area contributed by atoms with Crippen molar-refractivity contribution in [1.82, 2.24) is 0 Å². The Morgan fingerprint density at radius 1 is 1.11 bits per heavy atom. The number of allylic oxidation sites excluding steroid dienone is 4. The lowest BCUT2D eigenvalue weighted by molar-refractivity contribution is -0.168. The van der Waals surface area contributed by atoms with Crippen LogP contribution in [0.1, 0.15) is 110 Å². The van der Waals surface area contributed by atoms with Crippen LogP contribution < -0.4 is 4.74 Å². The maximum atomic E-state index is 6.05. The first-order valence-corrected chi connectivity index (χ1v) is 15.0. The monoisotopic (exact) mass is 524 g/mol. The molecule has 0 radical (unpaired) electrons.